The van der Waals surface area contributed by atoms with Crippen LogP contribution in [0.2, 0.25) is 0 Å². The third-order valence-electron chi connectivity index (χ3n) is 7.22. The Balaban J connectivity index is 1.88. The lowest BCUT2D eigenvalue weighted by Gasteiger charge is -2.29. The van der Waals surface area contributed by atoms with Gasteiger partial charge in [0.1, 0.15) is 6.61 Å². The molecular weight excluding hydrogens is 380 g/mol. The SMILES string of the molecule is Cc1c(C)c(C)c2c(C)c3c(nc2c1C)-c1cc2c(c(=O)n1C3)COC(=O)C2(C)O. The van der Waals surface area contributed by atoms with Gasteiger partial charge in [-0.25, -0.2) is 9.78 Å². The molecule has 6 nitrogen and oxygen atoms in total. The Hall–Kier alpha value is -2.99. The van der Waals surface area contributed by atoms with Crippen molar-refractivity contribution in [2.24, 2.45) is 0 Å². The minimum absolute atomic E-state index is 0.120. The smallest absolute Gasteiger partial charge is 0.342 e. The molecule has 2 aliphatic heterocycles. The summed E-state index contributed by atoms with van der Waals surface area (Å²) in [5, 5.41) is 11.9. The van der Waals surface area contributed by atoms with Crippen LogP contribution in [0.25, 0.3) is 22.3 Å². The van der Waals surface area contributed by atoms with Gasteiger partial charge < -0.3 is 14.4 Å². The Morgan fingerprint density at radius 3 is 2.37 bits per heavy atom. The van der Waals surface area contributed by atoms with Crippen molar-refractivity contribution in [1.29, 1.82) is 0 Å². The summed E-state index contributed by atoms with van der Waals surface area (Å²) in [5.41, 5.74) is 7.86. The third-order valence-corrected chi connectivity index (χ3v) is 7.22. The fourth-order valence-electron chi connectivity index (χ4n) is 4.97. The van der Waals surface area contributed by atoms with Gasteiger partial charge in [-0.15, -0.1) is 0 Å². The second kappa shape index (κ2) is 5.79. The molecule has 2 aliphatic rings. The Morgan fingerprint density at radius 1 is 1.00 bits per heavy atom. The van der Waals surface area contributed by atoms with E-state index in [0.717, 1.165) is 33.3 Å². The van der Waals surface area contributed by atoms with Crippen LogP contribution in [0.5, 0.6) is 0 Å². The molecule has 1 unspecified atom stereocenters. The van der Waals surface area contributed by atoms with Gasteiger partial charge in [0, 0.05) is 16.5 Å². The Morgan fingerprint density at radius 2 is 1.67 bits per heavy atom. The Kier molecular flexibility index (Phi) is 3.67. The fraction of sp³-hybridized carbons (Fsp3) is 0.375. The first-order valence-electron chi connectivity index (χ1n) is 10.1. The molecule has 1 N–H and O–H groups in total. The molecule has 30 heavy (non-hydrogen) atoms. The second-order valence-corrected chi connectivity index (χ2v) is 8.75. The van der Waals surface area contributed by atoms with Gasteiger partial charge in [0.15, 0.2) is 5.60 Å². The van der Waals surface area contributed by atoms with Crippen molar-refractivity contribution in [1.82, 2.24) is 9.55 Å². The number of carbonyl (C=O) groups excluding carboxylic acids is 1. The first-order valence-corrected chi connectivity index (χ1v) is 10.1. The lowest BCUT2D eigenvalue weighted by molar-refractivity contribution is -0.169. The van der Waals surface area contributed by atoms with E-state index in [0.29, 0.717) is 23.4 Å². The minimum atomic E-state index is -1.85. The molecule has 0 saturated carbocycles. The van der Waals surface area contributed by atoms with Gasteiger partial charge in [0.25, 0.3) is 5.56 Å². The Labute approximate surface area is 174 Å². The van der Waals surface area contributed by atoms with Crippen LogP contribution < -0.4 is 5.56 Å². The van der Waals surface area contributed by atoms with Crippen LogP contribution in [-0.2, 0) is 28.3 Å². The highest BCUT2D eigenvalue weighted by molar-refractivity contribution is 5.94. The molecule has 0 amide bonds. The van der Waals surface area contributed by atoms with E-state index in [2.05, 4.69) is 34.6 Å². The summed E-state index contributed by atoms with van der Waals surface area (Å²) < 4.78 is 6.75. The highest BCUT2D eigenvalue weighted by Gasteiger charge is 2.43. The molecule has 6 heteroatoms. The number of carbonyl (C=O) groups is 1. The number of aliphatic hydroxyl groups is 1. The van der Waals surface area contributed by atoms with E-state index < -0.39 is 11.6 Å². The molecule has 1 atom stereocenters. The van der Waals surface area contributed by atoms with Crippen molar-refractivity contribution < 1.29 is 14.6 Å². The van der Waals surface area contributed by atoms with Crippen LogP contribution in [0.1, 0.15) is 51.4 Å². The van der Waals surface area contributed by atoms with E-state index in [9.17, 15) is 14.7 Å². The molecule has 5 rings (SSSR count). The average Bonchev–Trinajstić information content (AvgIpc) is 3.08. The monoisotopic (exact) mass is 404 g/mol. The number of esters is 1. The molecule has 0 aliphatic carbocycles. The van der Waals surface area contributed by atoms with Crippen molar-refractivity contribution >= 4 is 16.9 Å². The summed E-state index contributed by atoms with van der Waals surface area (Å²) in [4.78, 5) is 30.4. The normalized spacial score (nSPS) is 19.5. The number of rotatable bonds is 0. The molecule has 0 radical (unpaired) electrons. The quantitative estimate of drug-likeness (QED) is 0.455. The lowest BCUT2D eigenvalue weighted by atomic mass is 9.89. The molecule has 0 bridgehead atoms. The zero-order valence-electron chi connectivity index (χ0n) is 18.1. The van der Waals surface area contributed by atoms with E-state index in [4.69, 9.17) is 9.72 Å². The second-order valence-electron chi connectivity index (χ2n) is 8.75. The zero-order valence-corrected chi connectivity index (χ0v) is 18.1. The number of hydrogen-bond donors (Lipinski definition) is 1. The van der Waals surface area contributed by atoms with Crippen LogP contribution in [0.4, 0.5) is 0 Å². The van der Waals surface area contributed by atoms with Crippen molar-refractivity contribution in [2.45, 2.75) is 60.3 Å². The first-order chi connectivity index (χ1) is 14.1. The zero-order chi connectivity index (χ0) is 21.7. The van der Waals surface area contributed by atoms with Gasteiger partial charge in [-0.05, 0) is 75.4 Å². The number of benzene rings is 1. The first kappa shape index (κ1) is 19.0. The highest BCUT2D eigenvalue weighted by atomic mass is 16.6. The van der Waals surface area contributed by atoms with Crippen LogP contribution in [-0.4, -0.2) is 20.6 Å². The van der Waals surface area contributed by atoms with E-state index in [1.165, 1.54) is 23.6 Å². The van der Waals surface area contributed by atoms with Crippen LogP contribution in [0.3, 0.4) is 0 Å². The van der Waals surface area contributed by atoms with Crippen LogP contribution in [0, 0.1) is 34.6 Å². The molecular formula is C24H24N2O4. The average molecular weight is 404 g/mol. The Bertz CT molecular complexity index is 1380. The van der Waals surface area contributed by atoms with Gasteiger partial charge in [0.05, 0.1) is 29.0 Å². The van der Waals surface area contributed by atoms with E-state index >= 15 is 0 Å². The molecule has 1 aromatic carbocycles. The highest BCUT2D eigenvalue weighted by Crippen LogP contribution is 2.41. The molecule has 154 valence electrons. The van der Waals surface area contributed by atoms with E-state index in [-0.39, 0.29) is 12.2 Å². The largest absolute Gasteiger partial charge is 0.458 e. The number of pyridine rings is 2. The minimum Gasteiger partial charge on any atom is -0.458 e. The van der Waals surface area contributed by atoms with Gasteiger partial charge in [-0.2, -0.15) is 0 Å². The lowest BCUT2D eigenvalue weighted by Crippen LogP contribution is -2.42. The molecule has 0 spiro atoms. The number of aromatic nitrogens is 2. The van der Waals surface area contributed by atoms with Crippen molar-refractivity contribution in [3.05, 3.63) is 60.9 Å². The maximum Gasteiger partial charge on any atom is 0.342 e. The van der Waals surface area contributed by atoms with Crippen molar-refractivity contribution in [3.63, 3.8) is 0 Å². The maximum atomic E-state index is 13.2. The third kappa shape index (κ3) is 2.14. The molecule has 0 saturated heterocycles. The molecule has 4 heterocycles. The number of ether oxygens (including phenoxy) is 1. The summed E-state index contributed by atoms with van der Waals surface area (Å²) in [6.45, 7) is 12.2. The van der Waals surface area contributed by atoms with Gasteiger partial charge in [0.2, 0.25) is 0 Å². The van der Waals surface area contributed by atoms with Crippen molar-refractivity contribution in [2.75, 3.05) is 0 Å². The van der Waals surface area contributed by atoms with Gasteiger partial charge in [-0.1, -0.05) is 0 Å². The predicted octanol–water partition coefficient (Wildman–Crippen LogP) is 3.23. The van der Waals surface area contributed by atoms with E-state index in [1.54, 1.807) is 10.6 Å². The number of aryl methyl sites for hydroxylation is 3. The molecule has 2 aromatic heterocycles. The summed E-state index contributed by atoms with van der Waals surface area (Å²) in [5.74, 6) is -0.738. The van der Waals surface area contributed by atoms with Gasteiger partial charge in [-0.3, -0.25) is 4.79 Å². The van der Waals surface area contributed by atoms with E-state index in [1.807, 2.05) is 0 Å². The molecule has 0 fully saturated rings. The summed E-state index contributed by atoms with van der Waals surface area (Å²) in [6, 6.07) is 1.74. The predicted molar refractivity (Wildman–Crippen MR) is 114 cm³/mol. The number of cyclic esters (lactones) is 1. The van der Waals surface area contributed by atoms with Crippen molar-refractivity contribution in [3.8, 4) is 11.4 Å². The summed E-state index contributed by atoms with van der Waals surface area (Å²) in [7, 11) is 0. The van der Waals surface area contributed by atoms with Crippen LogP contribution in [0.15, 0.2) is 10.9 Å². The summed E-state index contributed by atoms with van der Waals surface area (Å²) in [6.07, 6.45) is 0. The summed E-state index contributed by atoms with van der Waals surface area (Å²) >= 11 is 0. The number of nitrogens with zero attached hydrogens (tertiary/aromatic N) is 2. The fourth-order valence-corrected chi connectivity index (χ4v) is 4.97. The topological polar surface area (TPSA) is 81.4 Å². The number of hydrogen-bond acceptors (Lipinski definition) is 5. The molecule has 3 aromatic rings. The van der Waals surface area contributed by atoms with Crippen LogP contribution >= 0.6 is 0 Å². The number of fused-ring (bicyclic) bond motifs is 5. The maximum absolute atomic E-state index is 13.2. The standard InChI is InChI=1S/C24H24N2O4/c1-10-11(2)13(4)20-19(12(10)3)14(5)15-8-26-18(21(15)25-20)7-17-16(22(26)27)9-30-23(28)24(17,6)29/h7,29H,8-9H2,1-6H3. The van der Waals surface area contributed by atoms with Gasteiger partial charge >= 0.3 is 5.97 Å².